The van der Waals surface area contributed by atoms with E-state index in [4.69, 9.17) is 5.73 Å². The van der Waals surface area contributed by atoms with Crippen LogP contribution >= 0.6 is 0 Å². The molecule has 0 saturated carbocycles. The molecule has 1 aliphatic heterocycles. The molecule has 1 aromatic rings. The van der Waals surface area contributed by atoms with E-state index in [1.807, 2.05) is 0 Å². The summed E-state index contributed by atoms with van der Waals surface area (Å²) >= 11 is 0. The minimum Gasteiger partial charge on any atom is -0.338 e. The van der Waals surface area contributed by atoms with Crippen LogP contribution in [-0.2, 0) is 0 Å². The fourth-order valence-corrected chi connectivity index (χ4v) is 2.38. The summed E-state index contributed by atoms with van der Waals surface area (Å²) in [7, 11) is 0. The van der Waals surface area contributed by atoms with Gasteiger partial charge in [-0.2, -0.15) is 0 Å². The molecule has 0 unspecified atom stereocenters. The summed E-state index contributed by atoms with van der Waals surface area (Å²) in [5.74, 6) is -0.760. The molecule has 0 aromatic heterocycles. The number of hydrogen-bond donors (Lipinski definition) is 1. The number of piperidine rings is 1. The number of amides is 1. The lowest BCUT2D eigenvalue weighted by Crippen LogP contribution is -2.40. The Morgan fingerprint density at radius 2 is 2.10 bits per heavy atom. The van der Waals surface area contributed by atoms with E-state index in [2.05, 4.69) is 0 Å². The number of nitrogens with two attached hydrogens (primary N) is 1. The highest BCUT2D eigenvalue weighted by molar-refractivity contribution is 5.98. The van der Waals surface area contributed by atoms with E-state index in [1.54, 1.807) is 4.90 Å². The third-order valence-electron chi connectivity index (χ3n) is 3.62. The smallest absolute Gasteiger partial charge is 0.285 e. The van der Waals surface area contributed by atoms with Gasteiger partial charge in [0.05, 0.1) is 11.0 Å². The molecule has 6 nitrogen and oxygen atoms in total. The monoisotopic (exact) mass is 281 g/mol. The standard InChI is InChI=1S/C13H16FN3O3/c14-10-1-2-11(12(7-10)17(19)20)13(18)16-5-3-9(8-15)4-6-16/h1-2,7,9H,3-6,8,15H2. The molecule has 1 saturated heterocycles. The fourth-order valence-electron chi connectivity index (χ4n) is 2.38. The van der Waals surface area contributed by atoms with Crippen LogP contribution in [0.2, 0.25) is 0 Å². The van der Waals surface area contributed by atoms with Gasteiger partial charge in [0.1, 0.15) is 11.4 Å². The van der Waals surface area contributed by atoms with Crippen molar-refractivity contribution >= 4 is 11.6 Å². The third kappa shape index (κ3) is 2.93. The Morgan fingerprint density at radius 3 is 2.65 bits per heavy atom. The highest BCUT2D eigenvalue weighted by Gasteiger charge is 2.28. The van der Waals surface area contributed by atoms with Gasteiger partial charge in [0.25, 0.3) is 11.6 Å². The zero-order valence-corrected chi connectivity index (χ0v) is 10.9. The minimum absolute atomic E-state index is 0.0670. The first-order chi connectivity index (χ1) is 9.52. The molecule has 2 rings (SSSR count). The van der Waals surface area contributed by atoms with Gasteiger partial charge in [-0.05, 0) is 37.4 Å². The summed E-state index contributed by atoms with van der Waals surface area (Å²) in [6.07, 6.45) is 1.58. The Labute approximate surface area is 115 Å². The predicted octanol–water partition coefficient (Wildman–Crippen LogP) is 1.54. The predicted molar refractivity (Wildman–Crippen MR) is 70.7 cm³/mol. The molecule has 2 N–H and O–H groups in total. The Balaban J connectivity index is 2.19. The van der Waals surface area contributed by atoms with Crippen molar-refractivity contribution in [2.75, 3.05) is 19.6 Å². The van der Waals surface area contributed by atoms with Crippen molar-refractivity contribution in [2.45, 2.75) is 12.8 Å². The number of nitrogens with zero attached hydrogens (tertiary/aromatic N) is 2. The number of likely N-dealkylation sites (tertiary alicyclic amines) is 1. The molecule has 0 bridgehead atoms. The summed E-state index contributed by atoms with van der Waals surface area (Å²) in [5, 5.41) is 10.9. The SMILES string of the molecule is NCC1CCN(C(=O)c2ccc(F)cc2[N+](=O)[O-])CC1. The van der Waals surface area contributed by atoms with E-state index < -0.39 is 22.3 Å². The second-order valence-electron chi connectivity index (χ2n) is 4.89. The largest absolute Gasteiger partial charge is 0.338 e. The first-order valence-electron chi connectivity index (χ1n) is 6.46. The van der Waals surface area contributed by atoms with Gasteiger partial charge >= 0.3 is 0 Å². The van der Waals surface area contributed by atoms with Gasteiger partial charge in [-0.25, -0.2) is 4.39 Å². The maximum absolute atomic E-state index is 13.1. The van der Waals surface area contributed by atoms with Gasteiger partial charge < -0.3 is 10.6 Å². The number of rotatable bonds is 3. The van der Waals surface area contributed by atoms with Crippen LogP contribution in [0.5, 0.6) is 0 Å². The van der Waals surface area contributed by atoms with Crippen molar-refractivity contribution in [2.24, 2.45) is 11.7 Å². The van der Waals surface area contributed by atoms with Crippen LogP contribution in [-0.4, -0.2) is 35.4 Å². The summed E-state index contributed by atoms with van der Waals surface area (Å²) in [6, 6.07) is 3.01. The average molecular weight is 281 g/mol. The lowest BCUT2D eigenvalue weighted by atomic mass is 9.96. The summed E-state index contributed by atoms with van der Waals surface area (Å²) < 4.78 is 13.1. The van der Waals surface area contributed by atoms with Crippen molar-refractivity contribution in [3.05, 3.63) is 39.7 Å². The fraction of sp³-hybridized carbons (Fsp3) is 0.462. The molecule has 7 heteroatoms. The molecule has 0 spiro atoms. The van der Waals surface area contributed by atoms with Crippen molar-refractivity contribution in [3.63, 3.8) is 0 Å². The molecule has 1 heterocycles. The molecule has 0 radical (unpaired) electrons. The molecular formula is C13H16FN3O3. The highest BCUT2D eigenvalue weighted by atomic mass is 19.1. The highest BCUT2D eigenvalue weighted by Crippen LogP contribution is 2.24. The number of carbonyl (C=O) groups is 1. The van der Waals surface area contributed by atoms with Gasteiger partial charge in [-0.1, -0.05) is 0 Å². The van der Waals surface area contributed by atoms with E-state index in [0.717, 1.165) is 25.0 Å². The van der Waals surface area contributed by atoms with E-state index >= 15 is 0 Å². The lowest BCUT2D eigenvalue weighted by molar-refractivity contribution is -0.385. The maximum Gasteiger partial charge on any atom is 0.285 e. The van der Waals surface area contributed by atoms with E-state index in [9.17, 15) is 19.3 Å². The molecule has 1 aliphatic rings. The van der Waals surface area contributed by atoms with Crippen molar-refractivity contribution < 1.29 is 14.1 Å². The molecule has 108 valence electrons. The van der Waals surface area contributed by atoms with Crippen LogP contribution in [0.3, 0.4) is 0 Å². The molecule has 1 fully saturated rings. The van der Waals surface area contributed by atoms with Crippen molar-refractivity contribution in [1.29, 1.82) is 0 Å². The van der Waals surface area contributed by atoms with Crippen LogP contribution in [0, 0.1) is 21.8 Å². The van der Waals surface area contributed by atoms with Gasteiger partial charge in [0, 0.05) is 13.1 Å². The lowest BCUT2D eigenvalue weighted by Gasteiger charge is -2.31. The second kappa shape index (κ2) is 5.96. The molecule has 0 aliphatic carbocycles. The van der Waals surface area contributed by atoms with E-state index in [1.165, 1.54) is 6.07 Å². The second-order valence-corrected chi connectivity index (χ2v) is 4.89. The maximum atomic E-state index is 13.1. The minimum atomic E-state index is -0.733. The van der Waals surface area contributed by atoms with Crippen LogP contribution in [0.15, 0.2) is 18.2 Å². The zero-order chi connectivity index (χ0) is 14.7. The van der Waals surface area contributed by atoms with Crippen LogP contribution < -0.4 is 5.73 Å². The first-order valence-corrected chi connectivity index (χ1v) is 6.46. The van der Waals surface area contributed by atoms with Gasteiger partial charge in [-0.3, -0.25) is 14.9 Å². The van der Waals surface area contributed by atoms with E-state index in [-0.39, 0.29) is 5.56 Å². The number of nitro benzene ring substituents is 1. The number of hydrogen-bond acceptors (Lipinski definition) is 4. The molecule has 20 heavy (non-hydrogen) atoms. The Hall–Kier alpha value is -2.02. The Kier molecular flexibility index (Phi) is 4.29. The average Bonchev–Trinajstić information content (AvgIpc) is 2.46. The summed E-state index contributed by atoms with van der Waals surface area (Å²) in [5.41, 5.74) is 5.03. The number of halogens is 1. The topological polar surface area (TPSA) is 89.5 Å². The quantitative estimate of drug-likeness (QED) is 0.672. The number of benzene rings is 1. The molecular weight excluding hydrogens is 265 g/mol. The number of carbonyl (C=O) groups excluding carboxylic acids is 1. The summed E-state index contributed by atoms with van der Waals surface area (Å²) in [6.45, 7) is 1.63. The third-order valence-corrected chi connectivity index (χ3v) is 3.62. The van der Waals surface area contributed by atoms with E-state index in [0.29, 0.717) is 25.6 Å². The Bertz CT molecular complexity index is 528. The van der Waals surface area contributed by atoms with Crippen LogP contribution in [0.1, 0.15) is 23.2 Å². The Morgan fingerprint density at radius 1 is 1.45 bits per heavy atom. The van der Waals surface area contributed by atoms with Gasteiger partial charge in [0.2, 0.25) is 0 Å². The molecule has 0 atom stereocenters. The number of nitro groups is 1. The molecule has 1 aromatic carbocycles. The van der Waals surface area contributed by atoms with Crippen LogP contribution in [0.25, 0.3) is 0 Å². The first kappa shape index (κ1) is 14.4. The van der Waals surface area contributed by atoms with Crippen molar-refractivity contribution in [3.8, 4) is 0 Å². The van der Waals surface area contributed by atoms with Gasteiger partial charge in [0.15, 0.2) is 0 Å². The van der Waals surface area contributed by atoms with Crippen LogP contribution in [0.4, 0.5) is 10.1 Å². The normalized spacial score (nSPS) is 16.2. The molecule has 1 amide bonds. The summed E-state index contributed by atoms with van der Waals surface area (Å²) in [4.78, 5) is 24.0. The zero-order valence-electron chi connectivity index (χ0n) is 10.9. The van der Waals surface area contributed by atoms with Crippen molar-refractivity contribution in [1.82, 2.24) is 4.90 Å². The van der Waals surface area contributed by atoms with Gasteiger partial charge in [-0.15, -0.1) is 0 Å².